The van der Waals surface area contributed by atoms with Gasteiger partial charge in [-0.05, 0) is 36.4 Å². The molecule has 0 atom stereocenters. The van der Waals surface area contributed by atoms with Crippen molar-refractivity contribution in [3.63, 3.8) is 0 Å². The van der Waals surface area contributed by atoms with Crippen molar-refractivity contribution in [1.29, 1.82) is 0 Å². The monoisotopic (exact) mass is 470 g/mol. The fraction of sp³-hybridized carbons (Fsp3) is 0.273. The number of ether oxygens (including phenoxy) is 2. The fourth-order valence-electron chi connectivity index (χ4n) is 3.41. The number of anilines is 5. The van der Waals surface area contributed by atoms with E-state index in [-0.39, 0.29) is 4.90 Å². The second kappa shape index (κ2) is 9.51. The molecule has 1 aliphatic rings. The van der Waals surface area contributed by atoms with E-state index in [9.17, 15) is 8.42 Å². The summed E-state index contributed by atoms with van der Waals surface area (Å²) in [6, 6.07) is 11.9. The van der Waals surface area contributed by atoms with Crippen molar-refractivity contribution < 1.29 is 17.9 Å². The van der Waals surface area contributed by atoms with Gasteiger partial charge in [0.1, 0.15) is 25.2 Å². The SMILES string of the molecule is CCN(CC)S(=O)(=O)c1ccc(Nc2ncnc(Nc3ccc4c(c3)OCCO4)c2N)cc1. The maximum Gasteiger partial charge on any atom is 0.243 e. The van der Waals surface area contributed by atoms with Crippen molar-refractivity contribution in [2.45, 2.75) is 18.7 Å². The van der Waals surface area contributed by atoms with Crippen LogP contribution in [0.15, 0.2) is 53.7 Å². The summed E-state index contributed by atoms with van der Waals surface area (Å²) >= 11 is 0. The first-order chi connectivity index (χ1) is 15.9. The zero-order valence-electron chi connectivity index (χ0n) is 18.4. The van der Waals surface area contributed by atoms with Gasteiger partial charge in [0.2, 0.25) is 10.0 Å². The van der Waals surface area contributed by atoms with E-state index in [0.29, 0.717) is 60.8 Å². The van der Waals surface area contributed by atoms with Crippen LogP contribution in [0, 0.1) is 0 Å². The topological polar surface area (TPSA) is 132 Å². The molecule has 0 saturated carbocycles. The highest BCUT2D eigenvalue weighted by Crippen LogP contribution is 2.35. The van der Waals surface area contributed by atoms with Gasteiger partial charge in [0.25, 0.3) is 0 Å². The van der Waals surface area contributed by atoms with Crippen LogP contribution in [-0.2, 0) is 10.0 Å². The lowest BCUT2D eigenvalue weighted by atomic mass is 10.2. The Labute approximate surface area is 192 Å². The molecule has 1 aromatic heterocycles. The summed E-state index contributed by atoms with van der Waals surface area (Å²) in [7, 11) is -3.52. The van der Waals surface area contributed by atoms with Gasteiger partial charge in [-0.25, -0.2) is 18.4 Å². The van der Waals surface area contributed by atoms with Crippen molar-refractivity contribution in [3.8, 4) is 11.5 Å². The molecule has 10 nitrogen and oxygen atoms in total. The molecule has 0 spiro atoms. The number of hydrogen-bond donors (Lipinski definition) is 3. The lowest BCUT2D eigenvalue weighted by Gasteiger charge is -2.19. The molecule has 0 radical (unpaired) electrons. The quantitative estimate of drug-likeness (QED) is 0.453. The average Bonchev–Trinajstić information content (AvgIpc) is 2.82. The second-order valence-corrected chi connectivity index (χ2v) is 9.14. The van der Waals surface area contributed by atoms with Crippen LogP contribution in [0.4, 0.5) is 28.7 Å². The van der Waals surface area contributed by atoms with E-state index in [4.69, 9.17) is 15.2 Å². The number of aromatic nitrogens is 2. The van der Waals surface area contributed by atoms with Gasteiger partial charge >= 0.3 is 0 Å². The van der Waals surface area contributed by atoms with E-state index in [0.717, 1.165) is 5.69 Å². The van der Waals surface area contributed by atoms with E-state index < -0.39 is 10.0 Å². The number of nitrogens with one attached hydrogen (secondary N) is 2. The number of hydrogen-bond acceptors (Lipinski definition) is 9. The highest BCUT2D eigenvalue weighted by Gasteiger charge is 2.21. The zero-order valence-corrected chi connectivity index (χ0v) is 19.2. The Hall–Kier alpha value is -3.57. The van der Waals surface area contributed by atoms with Crippen LogP contribution in [0.1, 0.15) is 13.8 Å². The van der Waals surface area contributed by atoms with Gasteiger partial charge in [0.15, 0.2) is 23.1 Å². The number of sulfonamides is 1. The average molecular weight is 471 g/mol. The third-order valence-electron chi connectivity index (χ3n) is 5.15. The van der Waals surface area contributed by atoms with Crippen LogP contribution >= 0.6 is 0 Å². The Bertz CT molecular complexity index is 1230. The zero-order chi connectivity index (χ0) is 23.4. The van der Waals surface area contributed by atoms with Crippen molar-refractivity contribution in [1.82, 2.24) is 14.3 Å². The third kappa shape index (κ3) is 4.78. The van der Waals surface area contributed by atoms with E-state index in [1.54, 1.807) is 24.3 Å². The lowest BCUT2D eigenvalue weighted by Crippen LogP contribution is -2.30. The molecule has 0 aliphatic carbocycles. The van der Waals surface area contributed by atoms with Crippen molar-refractivity contribution >= 4 is 38.7 Å². The molecule has 0 bridgehead atoms. The molecule has 2 heterocycles. The highest BCUT2D eigenvalue weighted by atomic mass is 32.2. The predicted molar refractivity (Wildman–Crippen MR) is 127 cm³/mol. The van der Waals surface area contributed by atoms with Gasteiger partial charge in [0.05, 0.1) is 4.90 Å². The first-order valence-corrected chi connectivity index (χ1v) is 12.0. The predicted octanol–water partition coefficient (Wildman–Crippen LogP) is 3.35. The number of nitrogens with zero attached hydrogens (tertiary/aromatic N) is 3. The first kappa shape index (κ1) is 22.6. The van der Waals surface area contributed by atoms with E-state index in [1.165, 1.54) is 10.6 Å². The number of fused-ring (bicyclic) bond motifs is 1. The number of nitrogen functional groups attached to an aromatic ring is 1. The minimum atomic E-state index is -3.52. The fourth-order valence-corrected chi connectivity index (χ4v) is 4.87. The summed E-state index contributed by atoms with van der Waals surface area (Å²) in [6.45, 7) is 5.47. The smallest absolute Gasteiger partial charge is 0.243 e. The van der Waals surface area contributed by atoms with Gasteiger partial charge in [-0.3, -0.25) is 0 Å². The molecule has 0 saturated heterocycles. The molecule has 0 fully saturated rings. The van der Waals surface area contributed by atoms with E-state index >= 15 is 0 Å². The molecule has 3 aromatic rings. The molecule has 1 aliphatic heterocycles. The second-order valence-electron chi connectivity index (χ2n) is 7.21. The van der Waals surface area contributed by atoms with Gasteiger partial charge in [-0.1, -0.05) is 13.8 Å². The number of rotatable bonds is 8. The number of nitrogens with two attached hydrogens (primary N) is 1. The molecule has 33 heavy (non-hydrogen) atoms. The van der Waals surface area contributed by atoms with Crippen LogP contribution in [0.2, 0.25) is 0 Å². The molecule has 0 unspecified atom stereocenters. The van der Waals surface area contributed by atoms with Crippen LogP contribution in [-0.4, -0.2) is 49.0 Å². The van der Waals surface area contributed by atoms with Crippen LogP contribution in [0.25, 0.3) is 0 Å². The normalized spacial score (nSPS) is 13.1. The highest BCUT2D eigenvalue weighted by molar-refractivity contribution is 7.89. The first-order valence-electron chi connectivity index (χ1n) is 10.6. The standard InChI is InChI=1S/C22H26N6O4S/c1-3-28(4-2)33(29,30)17-8-5-15(6-9-17)26-21-20(23)22(25-14-24-21)27-16-7-10-18-19(13-16)32-12-11-31-18/h5-10,13-14H,3-4,11-12,23H2,1-2H3,(H2,24,25,26,27). The molecule has 4 rings (SSSR count). The molecular formula is C22H26N6O4S. The molecule has 11 heteroatoms. The molecule has 2 aromatic carbocycles. The lowest BCUT2D eigenvalue weighted by molar-refractivity contribution is 0.171. The molecule has 0 amide bonds. The Balaban J connectivity index is 1.51. The van der Waals surface area contributed by atoms with Crippen LogP contribution < -0.4 is 25.8 Å². The summed E-state index contributed by atoms with van der Waals surface area (Å²) in [5, 5.41) is 6.28. The van der Waals surface area contributed by atoms with E-state index in [2.05, 4.69) is 20.6 Å². The van der Waals surface area contributed by atoms with Crippen LogP contribution in [0.5, 0.6) is 11.5 Å². The number of benzene rings is 2. The van der Waals surface area contributed by atoms with Gasteiger partial charge < -0.3 is 25.8 Å². The maximum atomic E-state index is 12.7. The Morgan fingerprint density at radius 3 is 2.12 bits per heavy atom. The van der Waals surface area contributed by atoms with E-state index in [1.807, 2.05) is 32.0 Å². The van der Waals surface area contributed by atoms with Gasteiger partial charge in [0, 0.05) is 30.5 Å². The van der Waals surface area contributed by atoms with Crippen molar-refractivity contribution in [3.05, 3.63) is 48.8 Å². The van der Waals surface area contributed by atoms with Gasteiger partial charge in [-0.15, -0.1) is 0 Å². The summed E-state index contributed by atoms with van der Waals surface area (Å²) in [4.78, 5) is 8.67. The minimum Gasteiger partial charge on any atom is -0.486 e. The summed E-state index contributed by atoms with van der Waals surface area (Å²) in [6.07, 6.45) is 1.39. The maximum absolute atomic E-state index is 12.7. The van der Waals surface area contributed by atoms with Gasteiger partial charge in [-0.2, -0.15) is 4.31 Å². The van der Waals surface area contributed by atoms with Crippen molar-refractivity contribution in [2.24, 2.45) is 0 Å². The Kier molecular flexibility index (Phi) is 6.52. The van der Waals surface area contributed by atoms with Crippen LogP contribution in [0.3, 0.4) is 0 Å². The summed E-state index contributed by atoms with van der Waals surface area (Å²) in [5.41, 5.74) is 7.98. The summed E-state index contributed by atoms with van der Waals surface area (Å²) in [5.74, 6) is 2.16. The third-order valence-corrected chi connectivity index (χ3v) is 7.21. The Morgan fingerprint density at radius 1 is 0.909 bits per heavy atom. The molecule has 4 N–H and O–H groups in total. The summed E-state index contributed by atoms with van der Waals surface area (Å²) < 4.78 is 37.9. The largest absolute Gasteiger partial charge is 0.486 e. The Morgan fingerprint density at radius 2 is 1.48 bits per heavy atom. The molecule has 174 valence electrons. The molecular weight excluding hydrogens is 444 g/mol. The minimum absolute atomic E-state index is 0.230. The van der Waals surface area contributed by atoms with Crippen molar-refractivity contribution in [2.75, 3.05) is 42.7 Å².